The zero-order valence-electron chi connectivity index (χ0n) is 10.5. The van der Waals surface area contributed by atoms with Gasteiger partial charge in [0.2, 0.25) is 0 Å². The van der Waals surface area contributed by atoms with Crippen molar-refractivity contribution < 1.29 is 14.7 Å². The van der Waals surface area contributed by atoms with Crippen molar-refractivity contribution in [3.63, 3.8) is 0 Å². The van der Waals surface area contributed by atoms with Gasteiger partial charge in [-0.1, -0.05) is 6.07 Å². The zero-order valence-corrected chi connectivity index (χ0v) is 11.3. The molecule has 0 radical (unpaired) electrons. The summed E-state index contributed by atoms with van der Waals surface area (Å²) in [5, 5.41) is 17.7. The van der Waals surface area contributed by atoms with Crippen molar-refractivity contribution in [2.75, 3.05) is 11.9 Å². The van der Waals surface area contributed by atoms with Crippen LogP contribution in [0.4, 0.5) is 5.69 Å². The van der Waals surface area contributed by atoms with Crippen LogP contribution in [0.25, 0.3) is 0 Å². The number of rotatable bonds is 3. The molecule has 0 atom stereocenters. The van der Waals surface area contributed by atoms with E-state index in [-0.39, 0.29) is 10.8 Å². The molecule has 1 aromatic carbocycles. The minimum absolute atomic E-state index is 0.118. The number of carbonyl (C=O) groups excluding carboxylic acids is 1. The van der Waals surface area contributed by atoms with Crippen LogP contribution in [0.15, 0.2) is 36.4 Å². The Kier molecular flexibility index (Phi) is 3.82. The maximum Gasteiger partial charge on any atom is 0.345 e. The summed E-state index contributed by atoms with van der Waals surface area (Å²) < 4.78 is 0. The number of amides is 1. The standard InChI is InChI=1S/C14H10N2O3S/c1-16(10-4-2-3-9(7-10)8-15)13(17)11-5-6-12(20-11)14(18)19/h2-7H,1H3,(H,18,19). The zero-order chi connectivity index (χ0) is 14.7. The highest BCUT2D eigenvalue weighted by molar-refractivity contribution is 7.16. The summed E-state index contributed by atoms with van der Waals surface area (Å²) in [4.78, 5) is 24.9. The van der Waals surface area contributed by atoms with Gasteiger partial charge in [0.25, 0.3) is 5.91 Å². The molecule has 0 saturated heterocycles. The molecule has 1 N–H and O–H groups in total. The Morgan fingerprint density at radius 1 is 1.25 bits per heavy atom. The van der Waals surface area contributed by atoms with E-state index in [0.29, 0.717) is 16.1 Å². The maximum atomic E-state index is 12.2. The summed E-state index contributed by atoms with van der Waals surface area (Å²) in [7, 11) is 1.58. The molecule has 100 valence electrons. The molecule has 0 aliphatic carbocycles. The summed E-state index contributed by atoms with van der Waals surface area (Å²) in [6.07, 6.45) is 0. The highest BCUT2D eigenvalue weighted by atomic mass is 32.1. The number of benzene rings is 1. The average molecular weight is 286 g/mol. The predicted molar refractivity (Wildman–Crippen MR) is 75.2 cm³/mol. The summed E-state index contributed by atoms with van der Waals surface area (Å²) in [6, 6.07) is 11.5. The second-order valence-corrected chi connectivity index (χ2v) is 5.08. The SMILES string of the molecule is CN(C(=O)c1ccc(C(=O)O)s1)c1cccc(C#N)c1. The molecule has 2 aromatic rings. The van der Waals surface area contributed by atoms with Gasteiger partial charge in [-0.2, -0.15) is 5.26 Å². The third-order valence-electron chi connectivity index (χ3n) is 2.69. The average Bonchev–Trinajstić information content (AvgIpc) is 2.95. The van der Waals surface area contributed by atoms with Crippen LogP contribution in [0.2, 0.25) is 0 Å². The van der Waals surface area contributed by atoms with Crippen LogP contribution < -0.4 is 4.90 Å². The maximum absolute atomic E-state index is 12.2. The van der Waals surface area contributed by atoms with Gasteiger partial charge in [0.1, 0.15) is 4.88 Å². The summed E-state index contributed by atoms with van der Waals surface area (Å²) in [6.45, 7) is 0. The topological polar surface area (TPSA) is 81.4 Å². The van der Waals surface area contributed by atoms with Crippen LogP contribution in [-0.2, 0) is 0 Å². The Bertz CT molecular complexity index is 715. The van der Waals surface area contributed by atoms with Crippen LogP contribution in [0, 0.1) is 11.3 Å². The molecule has 0 unspecified atom stereocenters. The van der Waals surface area contributed by atoms with E-state index in [1.54, 1.807) is 31.3 Å². The van der Waals surface area contributed by atoms with Gasteiger partial charge in [-0.15, -0.1) is 11.3 Å². The van der Waals surface area contributed by atoms with Gasteiger partial charge in [0, 0.05) is 12.7 Å². The number of nitriles is 1. The van der Waals surface area contributed by atoms with E-state index in [4.69, 9.17) is 10.4 Å². The summed E-state index contributed by atoms with van der Waals surface area (Å²) in [5.41, 5.74) is 1.04. The van der Waals surface area contributed by atoms with Crippen molar-refractivity contribution in [1.82, 2.24) is 0 Å². The number of thiophene rings is 1. The first kappa shape index (κ1) is 13.8. The van der Waals surface area contributed by atoms with Crippen LogP contribution in [0.3, 0.4) is 0 Å². The number of nitrogens with zero attached hydrogens (tertiary/aromatic N) is 2. The van der Waals surface area contributed by atoms with E-state index in [9.17, 15) is 9.59 Å². The second-order valence-electron chi connectivity index (χ2n) is 4.00. The molecular weight excluding hydrogens is 276 g/mol. The van der Waals surface area contributed by atoms with E-state index in [2.05, 4.69) is 0 Å². The lowest BCUT2D eigenvalue weighted by Gasteiger charge is -2.16. The first-order chi connectivity index (χ1) is 9.52. The first-order valence-corrected chi connectivity index (χ1v) is 6.46. The lowest BCUT2D eigenvalue weighted by Crippen LogP contribution is -2.25. The van der Waals surface area contributed by atoms with Crippen LogP contribution >= 0.6 is 11.3 Å². The van der Waals surface area contributed by atoms with Crippen molar-refractivity contribution in [3.05, 3.63) is 51.7 Å². The molecule has 1 aromatic heterocycles. The first-order valence-electron chi connectivity index (χ1n) is 5.64. The van der Waals surface area contributed by atoms with E-state index >= 15 is 0 Å². The highest BCUT2D eigenvalue weighted by Gasteiger charge is 2.17. The fraction of sp³-hybridized carbons (Fsp3) is 0.0714. The van der Waals surface area contributed by atoms with Gasteiger partial charge in [-0.3, -0.25) is 4.79 Å². The normalized spacial score (nSPS) is 9.80. The Labute approximate surface area is 119 Å². The summed E-state index contributed by atoms with van der Waals surface area (Å²) in [5.74, 6) is -1.36. The second kappa shape index (κ2) is 5.55. The number of carboxylic acids is 1. The molecular formula is C14H10N2O3S. The lowest BCUT2D eigenvalue weighted by molar-refractivity contribution is 0.0702. The van der Waals surface area contributed by atoms with Crippen LogP contribution in [-0.4, -0.2) is 24.0 Å². The van der Waals surface area contributed by atoms with Crippen molar-refractivity contribution in [2.24, 2.45) is 0 Å². The summed E-state index contributed by atoms with van der Waals surface area (Å²) >= 11 is 0.926. The van der Waals surface area contributed by atoms with E-state index in [1.807, 2.05) is 6.07 Å². The molecule has 5 nitrogen and oxygen atoms in total. The molecule has 6 heteroatoms. The highest BCUT2D eigenvalue weighted by Crippen LogP contribution is 2.22. The Morgan fingerprint density at radius 3 is 2.55 bits per heavy atom. The van der Waals surface area contributed by atoms with Gasteiger partial charge < -0.3 is 10.0 Å². The molecule has 0 bridgehead atoms. The van der Waals surface area contributed by atoms with Gasteiger partial charge in [0.05, 0.1) is 16.5 Å². The number of anilines is 1. The Hall–Kier alpha value is -2.65. The van der Waals surface area contributed by atoms with Crippen LogP contribution in [0.1, 0.15) is 24.9 Å². The number of hydrogen-bond acceptors (Lipinski definition) is 4. The predicted octanol–water partition coefficient (Wildman–Crippen LogP) is 2.59. The minimum Gasteiger partial charge on any atom is -0.477 e. The number of carbonyl (C=O) groups is 2. The molecule has 0 fully saturated rings. The molecule has 0 aliphatic rings. The largest absolute Gasteiger partial charge is 0.477 e. The molecule has 1 amide bonds. The molecule has 0 aliphatic heterocycles. The van der Waals surface area contributed by atoms with Crippen molar-refractivity contribution in [1.29, 1.82) is 5.26 Å². The third-order valence-corrected chi connectivity index (χ3v) is 3.76. The molecule has 1 heterocycles. The van der Waals surface area contributed by atoms with Crippen LogP contribution in [0.5, 0.6) is 0 Å². The minimum atomic E-state index is -1.05. The fourth-order valence-corrected chi connectivity index (χ4v) is 2.46. The number of hydrogen-bond donors (Lipinski definition) is 1. The van der Waals surface area contributed by atoms with Crippen molar-refractivity contribution in [3.8, 4) is 6.07 Å². The Morgan fingerprint density at radius 2 is 1.95 bits per heavy atom. The molecule has 20 heavy (non-hydrogen) atoms. The van der Waals surface area contributed by atoms with Crippen molar-refractivity contribution in [2.45, 2.75) is 0 Å². The number of aromatic carboxylic acids is 1. The van der Waals surface area contributed by atoms with E-state index in [1.165, 1.54) is 17.0 Å². The molecule has 2 rings (SSSR count). The Balaban J connectivity index is 2.27. The quantitative estimate of drug-likeness (QED) is 0.940. The van der Waals surface area contributed by atoms with Gasteiger partial charge >= 0.3 is 5.97 Å². The fourth-order valence-electron chi connectivity index (χ4n) is 1.63. The van der Waals surface area contributed by atoms with E-state index in [0.717, 1.165) is 11.3 Å². The van der Waals surface area contributed by atoms with Crippen molar-refractivity contribution >= 4 is 28.9 Å². The smallest absolute Gasteiger partial charge is 0.345 e. The molecule has 0 spiro atoms. The monoisotopic (exact) mass is 286 g/mol. The third kappa shape index (κ3) is 2.68. The lowest BCUT2D eigenvalue weighted by atomic mass is 10.2. The van der Waals surface area contributed by atoms with Gasteiger partial charge in [-0.25, -0.2) is 4.79 Å². The number of carboxylic acid groups (broad SMARTS) is 1. The van der Waals surface area contributed by atoms with Gasteiger partial charge in [-0.05, 0) is 30.3 Å². The van der Waals surface area contributed by atoms with E-state index < -0.39 is 5.97 Å². The molecule has 0 saturated carbocycles. The van der Waals surface area contributed by atoms with Gasteiger partial charge in [0.15, 0.2) is 0 Å².